The van der Waals surface area contributed by atoms with E-state index < -0.39 is 10.0 Å². The second kappa shape index (κ2) is 2.63. The van der Waals surface area contributed by atoms with E-state index in [1.807, 2.05) is 13.0 Å². The third-order valence-corrected chi connectivity index (χ3v) is 2.79. The molecule has 0 spiro atoms. The lowest BCUT2D eigenvalue weighted by atomic mass is 10.2. The van der Waals surface area contributed by atoms with Crippen molar-refractivity contribution in [3.8, 4) is 5.75 Å². The second-order valence-electron chi connectivity index (χ2n) is 2.93. The number of nitrogens with one attached hydrogen (secondary N) is 1. The fraction of sp³-hybridized carbons (Fsp3) is 0.250. The Morgan fingerprint density at radius 3 is 3.00 bits per heavy atom. The predicted molar refractivity (Wildman–Crippen MR) is 49.2 cm³/mol. The molecule has 5 heteroatoms. The highest BCUT2D eigenvalue weighted by molar-refractivity contribution is 7.92. The number of fused-ring (bicyclic) bond motifs is 1. The van der Waals surface area contributed by atoms with Gasteiger partial charge < -0.3 is 4.74 Å². The molecule has 1 aromatic carbocycles. The van der Waals surface area contributed by atoms with Crippen molar-refractivity contribution in [2.45, 2.75) is 6.92 Å². The van der Waals surface area contributed by atoms with Gasteiger partial charge in [-0.25, -0.2) is 8.42 Å². The van der Waals surface area contributed by atoms with E-state index in [1.54, 1.807) is 12.1 Å². The molecule has 0 bridgehead atoms. The first-order valence-electron chi connectivity index (χ1n) is 3.81. The van der Waals surface area contributed by atoms with Crippen LogP contribution in [0.1, 0.15) is 5.56 Å². The summed E-state index contributed by atoms with van der Waals surface area (Å²) in [5, 5.41) is 0. The van der Waals surface area contributed by atoms with Crippen LogP contribution in [0.25, 0.3) is 0 Å². The van der Waals surface area contributed by atoms with Crippen LogP contribution in [0.15, 0.2) is 18.2 Å². The molecule has 0 aromatic heterocycles. The molecule has 13 heavy (non-hydrogen) atoms. The maximum atomic E-state index is 11.1. The maximum Gasteiger partial charge on any atom is 0.268 e. The molecule has 1 N–H and O–H groups in total. The number of aryl methyl sites for hydroxylation is 1. The van der Waals surface area contributed by atoms with E-state index in [-0.39, 0.29) is 5.94 Å². The van der Waals surface area contributed by atoms with Gasteiger partial charge in [-0.15, -0.1) is 0 Å². The minimum absolute atomic E-state index is 0.301. The van der Waals surface area contributed by atoms with Crippen molar-refractivity contribution in [1.82, 2.24) is 0 Å². The molecule has 0 radical (unpaired) electrons. The molecule has 70 valence electrons. The van der Waals surface area contributed by atoms with Crippen LogP contribution in [0.4, 0.5) is 5.69 Å². The molecular weight excluding hydrogens is 190 g/mol. The van der Waals surface area contributed by atoms with Gasteiger partial charge in [0.05, 0.1) is 5.69 Å². The average molecular weight is 199 g/mol. The number of ether oxygens (including phenoxy) is 1. The van der Waals surface area contributed by atoms with E-state index in [4.69, 9.17) is 4.74 Å². The fourth-order valence-electron chi connectivity index (χ4n) is 1.26. The Morgan fingerprint density at radius 2 is 2.23 bits per heavy atom. The Morgan fingerprint density at radius 1 is 1.46 bits per heavy atom. The van der Waals surface area contributed by atoms with Crippen LogP contribution >= 0.6 is 0 Å². The zero-order valence-electron chi connectivity index (χ0n) is 7.07. The van der Waals surface area contributed by atoms with E-state index in [0.29, 0.717) is 11.4 Å². The molecule has 1 aliphatic heterocycles. The lowest BCUT2D eigenvalue weighted by Crippen LogP contribution is -2.25. The highest BCUT2D eigenvalue weighted by Crippen LogP contribution is 2.32. The van der Waals surface area contributed by atoms with Crippen LogP contribution in [0.5, 0.6) is 5.75 Å². The Kier molecular flexibility index (Phi) is 1.69. The quantitative estimate of drug-likeness (QED) is 0.680. The van der Waals surface area contributed by atoms with Crippen molar-refractivity contribution in [3.05, 3.63) is 23.8 Å². The molecular formula is C8H9NO3S. The van der Waals surface area contributed by atoms with Gasteiger partial charge in [-0.3, -0.25) is 4.72 Å². The largest absolute Gasteiger partial charge is 0.473 e. The zero-order chi connectivity index (χ0) is 9.47. The summed E-state index contributed by atoms with van der Waals surface area (Å²) in [7, 11) is -3.29. The Labute approximate surface area is 76.6 Å². The maximum absolute atomic E-state index is 11.1. The molecule has 0 amide bonds. The number of para-hydroxylation sites is 1. The smallest absolute Gasteiger partial charge is 0.268 e. The van der Waals surface area contributed by atoms with Crippen LogP contribution in [-0.4, -0.2) is 14.4 Å². The molecule has 2 rings (SSSR count). The molecule has 0 unspecified atom stereocenters. The molecule has 1 heterocycles. The van der Waals surface area contributed by atoms with Crippen molar-refractivity contribution in [2.75, 3.05) is 10.7 Å². The second-order valence-corrected chi connectivity index (χ2v) is 4.60. The Balaban J connectivity index is 2.54. The van der Waals surface area contributed by atoms with Gasteiger partial charge in [-0.2, -0.15) is 0 Å². The van der Waals surface area contributed by atoms with Gasteiger partial charge in [0, 0.05) is 0 Å². The number of hydrogen-bond acceptors (Lipinski definition) is 3. The standard InChI is InChI=1S/C8H9NO3S/c1-6-3-2-4-7-8(6)12-5-13(10,11)9-7/h2-4,9H,5H2,1H3. The average Bonchev–Trinajstić information content (AvgIpc) is 2.02. The minimum Gasteiger partial charge on any atom is -0.473 e. The van der Waals surface area contributed by atoms with Crippen LogP contribution in [0, 0.1) is 6.92 Å². The van der Waals surface area contributed by atoms with Gasteiger partial charge in [0.25, 0.3) is 10.0 Å². The summed E-state index contributed by atoms with van der Waals surface area (Å²) in [6.07, 6.45) is 0. The summed E-state index contributed by atoms with van der Waals surface area (Å²) in [5.41, 5.74) is 1.45. The Bertz CT molecular complexity index is 439. The molecule has 0 saturated carbocycles. The summed E-state index contributed by atoms with van der Waals surface area (Å²) in [4.78, 5) is 0. The van der Waals surface area contributed by atoms with Crippen molar-refractivity contribution >= 4 is 15.7 Å². The van der Waals surface area contributed by atoms with E-state index >= 15 is 0 Å². The van der Waals surface area contributed by atoms with Crippen molar-refractivity contribution < 1.29 is 13.2 Å². The lowest BCUT2D eigenvalue weighted by Gasteiger charge is -2.20. The summed E-state index contributed by atoms with van der Waals surface area (Å²) in [6, 6.07) is 5.34. The van der Waals surface area contributed by atoms with Crippen LogP contribution in [-0.2, 0) is 10.0 Å². The van der Waals surface area contributed by atoms with Gasteiger partial charge in [0.2, 0.25) is 5.94 Å². The van der Waals surface area contributed by atoms with Crippen LogP contribution in [0.3, 0.4) is 0 Å². The number of rotatable bonds is 0. The first-order valence-corrected chi connectivity index (χ1v) is 5.47. The highest BCUT2D eigenvalue weighted by Gasteiger charge is 2.21. The summed E-state index contributed by atoms with van der Waals surface area (Å²) in [6.45, 7) is 1.87. The number of hydrogen-bond donors (Lipinski definition) is 1. The molecule has 1 aromatic rings. The summed E-state index contributed by atoms with van der Waals surface area (Å²) >= 11 is 0. The monoisotopic (exact) mass is 199 g/mol. The molecule has 0 atom stereocenters. The SMILES string of the molecule is Cc1cccc2c1OCS(=O)(=O)N2. The van der Waals surface area contributed by atoms with Crippen molar-refractivity contribution in [2.24, 2.45) is 0 Å². The number of benzene rings is 1. The van der Waals surface area contributed by atoms with E-state index in [1.165, 1.54) is 0 Å². The normalized spacial score (nSPS) is 18.2. The summed E-state index contributed by atoms with van der Waals surface area (Å²) in [5.74, 6) is 0.322. The highest BCUT2D eigenvalue weighted by atomic mass is 32.2. The zero-order valence-corrected chi connectivity index (χ0v) is 7.89. The Hall–Kier alpha value is -1.23. The third-order valence-electron chi connectivity index (χ3n) is 1.84. The van der Waals surface area contributed by atoms with Gasteiger partial charge in [-0.1, -0.05) is 12.1 Å². The van der Waals surface area contributed by atoms with Gasteiger partial charge in [-0.05, 0) is 18.6 Å². The minimum atomic E-state index is -3.29. The molecule has 4 nitrogen and oxygen atoms in total. The third kappa shape index (κ3) is 1.47. The van der Waals surface area contributed by atoms with E-state index in [9.17, 15) is 8.42 Å². The van der Waals surface area contributed by atoms with Crippen LogP contribution < -0.4 is 9.46 Å². The summed E-state index contributed by atoms with van der Waals surface area (Å²) < 4.78 is 29.7. The molecule has 0 aliphatic carbocycles. The molecule has 0 saturated heterocycles. The van der Waals surface area contributed by atoms with Crippen LogP contribution in [0.2, 0.25) is 0 Å². The number of sulfonamides is 1. The van der Waals surface area contributed by atoms with Gasteiger partial charge >= 0.3 is 0 Å². The van der Waals surface area contributed by atoms with E-state index in [2.05, 4.69) is 4.72 Å². The van der Waals surface area contributed by atoms with Crippen molar-refractivity contribution in [1.29, 1.82) is 0 Å². The molecule has 1 aliphatic rings. The van der Waals surface area contributed by atoms with Gasteiger partial charge in [0.15, 0.2) is 0 Å². The van der Waals surface area contributed by atoms with Gasteiger partial charge in [0.1, 0.15) is 5.75 Å². The van der Waals surface area contributed by atoms with E-state index in [0.717, 1.165) is 5.56 Å². The lowest BCUT2D eigenvalue weighted by molar-refractivity contribution is 0.372. The topological polar surface area (TPSA) is 55.4 Å². The molecule has 0 fully saturated rings. The fourth-order valence-corrected chi connectivity index (χ4v) is 2.09. The first kappa shape index (κ1) is 8.37. The number of anilines is 1. The predicted octanol–water partition coefficient (Wildman–Crippen LogP) is 1.09. The first-order chi connectivity index (χ1) is 6.08. The van der Waals surface area contributed by atoms with Crippen molar-refractivity contribution in [3.63, 3.8) is 0 Å².